The van der Waals surface area contributed by atoms with Crippen LogP contribution in [-0.2, 0) is 4.74 Å². The van der Waals surface area contributed by atoms with Gasteiger partial charge in [-0.05, 0) is 74.7 Å². The van der Waals surface area contributed by atoms with Gasteiger partial charge in [0, 0.05) is 55.0 Å². The lowest BCUT2D eigenvalue weighted by Gasteiger charge is -2.31. The quantitative estimate of drug-likeness (QED) is 0.187. The summed E-state index contributed by atoms with van der Waals surface area (Å²) >= 11 is 0. The summed E-state index contributed by atoms with van der Waals surface area (Å²) in [5.41, 5.74) is 2.50. The van der Waals surface area contributed by atoms with Gasteiger partial charge >= 0.3 is 0 Å². The smallest absolute Gasteiger partial charge is 0.256 e. The normalized spacial score (nSPS) is 14.1. The van der Waals surface area contributed by atoms with Gasteiger partial charge in [-0.1, -0.05) is 19.1 Å². The Labute approximate surface area is 257 Å². The van der Waals surface area contributed by atoms with Crippen molar-refractivity contribution in [1.82, 2.24) is 14.5 Å². The van der Waals surface area contributed by atoms with E-state index in [1.54, 1.807) is 35.2 Å². The number of anilines is 1. The zero-order valence-corrected chi connectivity index (χ0v) is 25.3. The first-order chi connectivity index (χ1) is 21.5. The molecule has 0 bridgehead atoms. The van der Waals surface area contributed by atoms with Crippen LogP contribution in [0.2, 0.25) is 0 Å². The number of fused-ring (bicyclic) bond motifs is 1. The standard InChI is InChI=1S/C34H40N4O6/c1-3-33(40)38-16-12-27-21-31(30(23-29(27)38)43-20-19-42-4-2)44-28-9-13-35-32(22-28)36-34(41)26-7-5-24(6-8-26)25-10-14-37(15-11-25)17-18-39/h5-9,12-13,16,21-23,25,39H,3-4,10-11,14-15,17-20H2,1-2H3,(H,35,36,41). The third kappa shape index (κ3) is 7.63. The number of nitrogens with zero attached hydrogens (tertiary/aromatic N) is 3. The Hall–Kier alpha value is -4.25. The van der Waals surface area contributed by atoms with Crippen molar-refractivity contribution in [2.45, 2.75) is 39.0 Å². The van der Waals surface area contributed by atoms with E-state index in [9.17, 15) is 14.7 Å². The zero-order chi connectivity index (χ0) is 30.9. The van der Waals surface area contributed by atoms with Crippen molar-refractivity contribution in [1.29, 1.82) is 0 Å². The molecule has 0 atom stereocenters. The summed E-state index contributed by atoms with van der Waals surface area (Å²) in [5.74, 6) is 1.94. The Morgan fingerprint density at radius 1 is 1.00 bits per heavy atom. The van der Waals surface area contributed by atoms with Crippen LogP contribution >= 0.6 is 0 Å². The third-order valence-corrected chi connectivity index (χ3v) is 7.87. The molecule has 1 aliphatic heterocycles. The fourth-order valence-electron chi connectivity index (χ4n) is 5.47. The topological polar surface area (TPSA) is 115 Å². The van der Waals surface area contributed by atoms with E-state index in [-0.39, 0.29) is 18.4 Å². The Morgan fingerprint density at radius 3 is 2.52 bits per heavy atom. The molecule has 0 radical (unpaired) electrons. The van der Waals surface area contributed by atoms with Gasteiger partial charge < -0.3 is 29.5 Å². The number of β-amino-alcohol motifs (C(OH)–C–C–N with tert-alkyl or cyclic N) is 1. The molecule has 4 aromatic rings. The summed E-state index contributed by atoms with van der Waals surface area (Å²) in [7, 11) is 0. The number of aliphatic hydroxyl groups excluding tert-OH is 1. The second-order valence-corrected chi connectivity index (χ2v) is 10.7. The van der Waals surface area contributed by atoms with Crippen LogP contribution in [0.1, 0.15) is 59.7 Å². The fraction of sp³-hybridized carbons (Fsp3) is 0.382. The van der Waals surface area contributed by atoms with Gasteiger partial charge in [0.1, 0.15) is 18.2 Å². The number of carbonyl (C=O) groups excluding carboxylic acids is 2. The summed E-state index contributed by atoms with van der Waals surface area (Å²) in [6.45, 7) is 7.92. The van der Waals surface area contributed by atoms with E-state index in [0.29, 0.717) is 60.8 Å². The molecule has 10 heteroatoms. The van der Waals surface area contributed by atoms with Gasteiger partial charge in [0.15, 0.2) is 11.5 Å². The molecule has 0 aliphatic carbocycles. The number of likely N-dealkylation sites (tertiary alicyclic amines) is 1. The molecule has 3 heterocycles. The number of hydrogen-bond donors (Lipinski definition) is 2. The van der Waals surface area contributed by atoms with Crippen LogP contribution in [0.5, 0.6) is 17.2 Å². The first-order valence-electron chi connectivity index (χ1n) is 15.3. The number of amides is 1. The zero-order valence-electron chi connectivity index (χ0n) is 25.3. The maximum Gasteiger partial charge on any atom is 0.256 e. The van der Waals surface area contributed by atoms with Crippen molar-refractivity contribution < 1.29 is 28.9 Å². The molecule has 1 aliphatic rings. The van der Waals surface area contributed by atoms with Gasteiger partial charge in [0.2, 0.25) is 5.91 Å². The molecule has 0 saturated carbocycles. The Bertz CT molecular complexity index is 1560. The first-order valence-corrected chi connectivity index (χ1v) is 15.3. The third-order valence-electron chi connectivity index (χ3n) is 7.87. The van der Waals surface area contributed by atoms with Gasteiger partial charge in [0.05, 0.1) is 18.7 Å². The molecule has 2 aromatic heterocycles. The molecule has 2 N–H and O–H groups in total. The van der Waals surface area contributed by atoms with Crippen LogP contribution in [0.3, 0.4) is 0 Å². The lowest BCUT2D eigenvalue weighted by molar-refractivity contribution is 0.0913. The molecule has 5 rings (SSSR count). The Balaban J connectivity index is 1.27. The van der Waals surface area contributed by atoms with Crippen LogP contribution in [0.15, 0.2) is 67.0 Å². The summed E-state index contributed by atoms with van der Waals surface area (Å²) in [6.07, 6.45) is 5.78. The predicted molar refractivity (Wildman–Crippen MR) is 169 cm³/mol. The molecule has 44 heavy (non-hydrogen) atoms. The highest BCUT2D eigenvalue weighted by Crippen LogP contribution is 2.37. The number of carbonyl (C=O) groups is 2. The number of pyridine rings is 1. The molecule has 1 saturated heterocycles. The number of ether oxygens (including phenoxy) is 3. The van der Waals surface area contributed by atoms with E-state index < -0.39 is 0 Å². The van der Waals surface area contributed by atoms with Crippen molar-refractivity contribution >= 4 is 28.5 Å². The van der Waals surface area contributed by atoms with Crippen LogP contribution in [-0.4, -0.2) is 77.4 Å². The monoisotopic (exact) mass is 600 g/mol. The molecular weight excluding hydrogens is 560 g/mol. The van der Waals surface area contributed by atoms with Crippen molar-refractivity contribution in [3.8, 4) is 17.2 Å². The van der Waals surface area contributed by atoms with Crippen LogP contribution in [0.4, 0.5) is 5.82 Å². The number of hydrogen-bond acceptors (Lipinski definition) is 8. The maximum absolute atomic E-state index is 13.1. The highest BCUT2D eigenvalue weighted by Gasteiger charge is 2.21. The van der Waals surface area contributed by atoms with Gasteiger partial charge in [-0.25, -0.2) is 4.98 Å². The van der Waals surface area contributed by atoms with Crippen LogP contribution in [0, 0.1) is 0 Å². The second kappa shape index (κ2) is 15.0. The van der Waals surface area contributed by atoms with Crippen LogP contribution in [0.25, 0.3) is 10.9 Å². The molecule has 0 spiro atoms. The van der Waals surface area contributed by atoms with Gasteiger partial charge in [-0.3, -0.25) is 14.2 Å². The lowest BCUT2D eigenvalue weighted by atomic mass is 9.89. The average Bonchev–Trinajstić information content (AvgIpc) is 3.46. The van der Waals surface area contributed by atoms with E-state index >= 15 is 0 Å². The lowest BCUT2D eigenvalue weighted by Crippen LogP contribution is -2.34. The first kappa shape index (κ1) is 31.2. The summed E-state index contributed by atoms with van der Waals surface area (Å²) < 4.78 is 19.3. The summed E-state index contributed by atoms with van der Waals surface area (Å²) in [5, 5.41) is 12.9. The molecule has 2 aromatic carbocycles. The second-order valence-electron chi connectivity index (χ2n) is 10.7. The minimum absolute atomic E-state index is 0.0161. The Morgan fingerprint density at radius 2 is 1.80 bits per heavy atom. The predicted octanol–water partition coefficient (Wildman–Crippen LogP) is 5.72. The van der Waals surface area contributed by atoms with E-state index in [1.165, 1.54) is 5.56 Å². The van der Waals surface area contributed by atoms with Gasteiger partial charge in [-0.2, -0.15) is 0 Å². The fourth-order valence-corrected chi connectivity index (χ4v) is 5.47. The highest BCUT2D eigenvalue weighted by molar-refractivity contribution is 6.03. The molecule has 10 nitrogen and oxygen atoms in total. The van der Waals surface area contributed by atoms with Crippen molar-refractivity contribution in [3.63, 3.8) is 0 Å². The number of benzene rings is 2. The molecule has 0 unspecified atom stereocenters. The van der Waals surface area contributed by atoms with Crippen LogP contribution < -0.4 is 14.8 Å². The van der Waals surface area contributed by atoms with Gasteiger partial charge in [-0.15, -0.1) is 0 Å². The summed E-state index contributed by atoms with van der Waals surface area (Å²) in [6, 6.07) is 16.6. The average molecular weight is 601 g/mol. The molecule has 1 amide bonds. The molecular formula is C34H40N4O6. The van der Waals surface area contributed by atoms with E-state index in [1.807, 2.05) is 50.2 Å². The number of aromatic nitrogens is 2. The van der Waals surface area contributed by atoms with E-state index in [2.05, 4.69) is 15.2 Å². The molecule has 232 valence electrons. The summed E-state index contributed by atoms with van der Waals surface area (Å²) in [4.78, 5) is 32.1. The highest BCUT2D eigenvalue weighted by atomic mass is 16.5. The van der Waals surface area contributed by atoms with Crippen molar-refractivity contribution in [2.75, 3.05) is 51.4 Å². The minimum atomic E-state index is -0.262. The number of rotatable bonds is 13. The number of piperidine rings is 1. The number of nitrogens with one attached hydrogen (secondary N) is 1. The van der Waals surface area contributed by atoms with Gasteiger partial charge in [0.25, 0.3) is 5.91 Å². The van der Waals surface area contributed by atoms with E-state index in [0.717, 1.165) is 43.4 Å². The minimum Gasteiger partial charge on any atom is -0.487 e. The largest absolute Gasteiger partial charge is 0.487 e. The Kier molecular flexibility index (Phi) is 10.6. The van der Waals surface area contributed by atoms with Crippen molar-refractivity contribution in [2.24, 2.45) is 0 Å². The molecule has 1 fully saturated rings. The van der Waals surface area contributed by atoms with Crippen molar-refractivity contribution in [3.05, 3.63) is 78.1 Å². The maximum atomic E-state index is 13.1. The van der Waals surface area contributed by atoms with E-state index in [4.69, 9.17) is 14.2 Å². The number of aliphatic hydroxyl groups is 1. The SMILES string of the molecule is CCOCCOc1cc2c(ccn2C(=O)CC)cc1Oc1ccnc(NC(=O)c2ccc(C3CCN(CCO)CC3)cc2)c1.